The van der Waals surface area contributed by atoms with Gasteiger partial charge in [-0.15, -0.1) is 40.5 Å². The maximum absolute atomic E-state index is 2.99. The average Bonchev–Trinajstić information content (AvgIpc) is 2.41. The SMILES string of the molecule is CC(C)(C)P.Cl.Cl.[C-]1=CC=CC1.[CH3-].[CH3-].[SiH2]=[Ti]. The van der Waals surface area contributed by atoms with Crippen LogP contribution in [-0.2, 0) is 19.2 Å². The molecule has 0 heterocycles. The van der Waals surface area contributed by atoms with Crippen LogP contribution in [0.25, 0.3) is 0 Å². The van der Waals surface area contributed by atoms with Crippen molar-refractivity contribution in [2.45, 2.75) is 32.3 Å². The zero-order valence-electron chi connectivity index (χ0n) is 11.0. The minimum absolute atomic E-state index is 0. The van der Waals surface area contributed by atoms with Crippen molar-refractivity contribution in [3.8, 4) is 0 Å². The molecule has 0 aromatic carbocycles. The molecule has 16 heavy (non-hydrogen) atoms. The zero-order valence-corrected chi connectivity index (χ0v) is 16.8. The summed E-state index contributed by atoms with van der Waals surface area (Å²) in [6, 6.07) is 0. The third-order valence-corrected chi connectivity index (χ3v) is 0.586. The van der Waals surface area contributed by atoms with Gasteiger partial charge >= 0.3 is 26.8 Å². The minimum atomic E-state index is 0. The summed E-state index contributed by atoms with van der Waals surface area (Å²) in [5, 5.41) is 0.417. The molecule has 0 spiro atoms. The Morgan fingerprint density at radius 1 is 1.19 bits per heavy atom. The topological polar surface area (TPSA) is 0 Å². The predicted octanol–water partition coefficient (Wildman–Crippen LogP) is 3.79. The van der Waals surface area contributed by atoms with E-state index in [1.165, 1.54) is 0 Å². The first-order valence-corrected chi connectivity index (χ1v) is 8.46. The van der Waals surface area contributed by atoms with E-state index in [9.17, 15) is 0 Å². The van der Waals surface area contributed by atoms with Gasteiger partial charge < -0.3 is 14.9 Å². The monoisotopic (exact) mass is 335 g/mol. The van der Waals surface area contributed by atoms with Crippen LogP contribution in [0.5, 0.6) is 0 Å². The first kappa shape index (κ1) is 36.0. The van der Waals surface area contributed by atoms with Crippen molar-refractivity contribution in [2.75, 3.05) is 0 Å². The number of rotatable bonds is 0. The van der Waals surface area contributed by atoms with Crippen LogP contribution in [-0.4, -0.2) is 12.8 Å². The summed E-state index contributed by atoms with van der Waals surface area (Å²) in [4.78, 5) is 0. The van der Waals surface area contributed by atoms with Crippen molar-refractivity contribution in [1.82, 2.24) is 0 Å². The van der Waals surface area contributed by atoms with Crippen LogP contribution >= 0.6 is 34.1 Å². The molecule has 0 aromatic heterocycles. The Labute approximate surface area is 132 Å². The van der Waals surface area contributed by atoms with Gasteiger partial charge in [-0.2, -0.15) is 6.08 Å². The molecule has 0 radical (unpaired) electrons. The molecular formula is C11H26Cl2PSiTi-3. The van der Waals surface area contributed by atoms with Gasteiger partial charge in [-0.3, -0.25) is 6.08 Å². The van der Waals surface area contributed by atoms with Crippen molar-refractivity contribution in [1.29, 1.82) is 0 Å². The van der Waals surface area contributed by atoms with Crippen molar-refractivity contribution >= 4 is 41.7 Å². The van der Waals surface area contributed by atoms with E-state index in [4.69, 9.17) is 0 Å². The Morgan fingerprint density at radius 2 is 1.50 bits per heavy atom. The van der Waals surface area contributed by atoms with E-state index in [2.05, 4.69) is 42.2 Å². The molecule has 0 saturated carbocycles. The van der Waals surface area contributed by atoms with Crippen LogP contribution in [0, 0.1) is 20.9 Å². The summed E-state index contributed by atoms with van der Waals surface area (Å²) < 4.78 is 0. The summed E-state index contributed by atoms with van der Waals surface area (Å²) in [6.07, 6.45) is 10.0. The van der Waals surface area contributed by atoms with Crippen LogP contribution in [0.1, 0.15) is 27.2 Å². The van der Waals surface area contributed by atoms with Gasteiger partial charge in [0.2, 0.25) is 0 Å². The van der Waals surface area contributed by atoms with Crippen molar-refractivity contribution in [2.24, 2.45) is 0 Å². The third kappa shape index (κ3) is 77.8. The van der Waals surface area contributed by atoms with Gasteiger partial charge in [-0.05, 0) is 5.16 Å². The van der Waals surface area contributed by atoms with Gasteiger partial charge in [0.05, 0.1) is 0 Å². The molecular weight excluding hydrogens is 310 g/mol. The van der Waals surface area contributed by atoms with Gasteiger partial charge in [-0.1, -0.05) is 20.8 Å². The van der Waals surface area contributed by atoms with Gasteiger partial charge in [0.15, 0.2) is 0 Å². The van der Waals surface area contributed by atoms with Crippen LogP contribution < -0.4 is 0 Å². The Morgan fingerprint density at radius 3 is 1.56 bits per heavy atom. The molecule has 100 valence electrons. The van der Waals surface area contributed by atoms with Crippen LogP contribution in [0.2, 0.25) is 0 Å². The van der Waals surface area contributed by atoms with E-state index >= 15 is 0 Å². The van der Waals surface area contributed by atoms with Crippen molar-refractivity contribution in [3.05, 3.63) is 39.2 Å². The molecule has 0 N–H and O–H groups in total. The zero-order chi connectivity index (χ0) is 10.0. The van der Waals surface area contributed by atoms with Crippen LogP contribution in [0.3, 0.4) is 0 Å². The molecule has 1 unspecified atom stereocenters. The summed E-state index contributed by atoms with van der Waals surface area (Å²) in [5.74, 6) is 0. The van der Waals surface area contributed by atoms with Gasteiger partial charge in [0.25, 0.3) is 0 Å². The molecule has 1 atom stereocenters. The second kappa shape index (κ2) is 25.3. The molecule has 1 aliphatic carbocycles. The standard InChI is InChI=1S/C5H5.C4H11P.2CH3.2ClH.H2Si.Ti/c1-2-4-5-3-1;1-4(2,3)5;;;;;;/h1-3H,4H2;5H2,1-3H3;2*1H3;2*1H;1H2;/q-1;;2*-1;;;;. The van der Waals surface area contributed by atoms with Gasteiger partial charge in [0, 0.05) is 0 Å². The van der Waals surface area contributed by atoms with E-state index in [0.717, 1.165) is 6.42 Å². The fourth-order valence-electron chi connectivity index (χ4n) is 0.340. The summed E-state index contributed by atoms with van der Waals surface area (Å²) in [6.45, 7) is 6.45. The molecule has 0 amide bonds. The maximum atomic E-state index is 2.99. The Bertz CT molecular complexity index is 141. The van der Waals surface area contributed by atoms with Gasteiger partial charge in [-0.25, -0.2) is 12.2 Å². The number of allylic oxidation sites excluding steroid dienone is 4. The summed E-state index contributed by atoms with van der Waals surface area (Å²) >= 11 is 2.03. The normalized spacial score (nSPS) is 9.44. The fraction of sp³-hybridized carbons (Fsp3) is 0.455. The van der Waals surface area contributed by atoms with E-state index < -0.39 is 0 Å². The number of halogens is 2. The second-order valence-corrected chi connectivity index (χ2v) is 5.10. The van der Waals surface area contributed by atoms with Gasteiger partial charge in [0.1, 0.15) is 0 Å². The van der Waals surface area contributed by atoms with E-state index in [-0.39, 0.29) is 39.7 Å². The van der Waals surface area contributed by atoms with E-state index in [1.807, 2.05) is 39.0 Å². The third-order valence-electron chi connectivity index (χ3n) is 0.586. The molecule has 0 fully saturated rings. The molecule has 0 aromatic rings. The summed E-state index contributed by atoms with van der Waals surface area (Å²) in [5.41, 5.74) is 0. The average molecular weight is 336 g/mol. The molecule has 1 aliphatic rings. The molecule has 5 heteroatoms. The Hall–Kier alpha value is 1.42. The first-order valence-electron chi connectivity index (χ1n) is 3.86. The van der Waals surface area contributed by atoms with E-state index in [1.54, 1.807) is 0 Å². The molecule has 0 aliphatic heterocycles. The molecule has 0 nitrogen and oxygen atoms in total. The predicted molar refractivity (Wildman–Crippen MR) is 86.9 cm³/mol. The molecule has 0 bridgehead atoms. The Balaban J connectivity index is -0.0000000222. The van der Waals surface area contributed by atoms with Crippen LogP contribution in [0.15, 0.2) is 18.2 Å². The number of hydrogen-bond donors (Lipinski definition) is 0. The quantitative estimate of drug-likeness (QED) is 0.359. The second-order valence-electron chi connectivity index (χ2n) is 3.37. The van der Waals surface area contributed by atoms with Crippen molar-refractivity contribution < 1.29 is 19.2 Å². The fourth-order valence-corrected chi connectivity index (χ4v) is 0.340. The van der Waals surface area contributed by atoms with Crippen molar-refractivity contribution in [3.63, 3.8) is 0 Å². The molecule has 0 saturated heterocycles. The first-order chi connectivity index (χ1) is 5.50. The Kier molecular flexibility index (Phi) is 57.0. The molecule has 1 rings (SSSR count). The van der Waals surface area contributed by atoms with Crippen LogP contribution in [0.4, 0.5) is 0 Å². The summed E-state index contributed by atoms with van der Waals surface area (Å²) in [7, 11) is 4.58. The number of hydrogen-bond acceptors (Lipinski definition) is 0. The van der Waals surface area contributed by atoms with E-state index in [0.29, 0.717) is 5.16 Å².